The Hall–Kier alpha value is -1.85. The van der Waals surface area contributed by atoms with Crippen molar-refractivity contribution in [3.05, 3.63) is 64.8 Å². The lowest BCUT2D eigenvalue weighted by Crippen LogP contribution is -2.23. The van der Waals surface area contributed by atoms with E-state index in [1.165, 1.54) is 6.33 Å². The maximum Gasteiger partial charge on any atom is 0.115 e. The molecule has 0 radical (unpaired) electrons. The van der Waals surface area contributed by atoms with E-state index in [-0.39, 0.29) is 6.04 Å². The van der Waals surface area contributed by atoms with E-state index in [0.717, 1.165) is 33.2 Å². The lowest BCUT2D eigenvalue weighted by Gasteiger charge is -2.19. The summed E-state index contributed by atoms with van der Waals surface area (Å²) < 4.78 is 0.982. The summed E-state index contributed by atoms with van der Waals surface area (Å²) in [5.41, 5.74) is 2.93. The zero-order valence-electron chi connectivity index (χ0n) is 11.6. The fraction of sp³-hybridized carbons (Fsp3) is 0.188. The van der Waals surface area contributed by atoms with E-state index in [9.17, 15) is 0 Å². The van der Waals surface area contributed by atoms with Crippen LogP contribution in [0.15, 0.2) is 53.5 Å². The second-order valence-electron chi connectivity index (χ2n) is 4.71. The number of nitrogens with zero attached hydrogens (tertiary/aromatic N) is 3. The third-order valence-electron chi connectivity index (χ3n) is 3.30. The van der Waals surface area contributed by atoms with Crippen LogP contribution < -0.4 is 5.32 Å². The van der Waals surface area contributed by atoms with Crippen molar-refractivity contribution in [1.82, 2.24) is 20.3 Å². The molecule has 0 bridgehead atoms. The van der Waals surface area contributed by atoms with Crippen molar-refractivity contribution in [2.24, 2.45) is 0 Å². The van der Waals surface area contributed by atoms with Gasteiger partial charge in [-0.2, -0.15) is 0 Å². The minimum atomic E-state index is -0.0322. The van der Waals surface area contributed by atoms with Gasteiger partial charge >= 0.3 is 0 Å². The molecule has 1 N–H and O–H groups in total. The highest BCUT2D eigenvalue weighted by Crippen LogP contribution is 2.29. The van der Waals surface area contributed by atoms with Gasteiger partial charge in [0.05, 0.1) is 17.3 Å². The monoisotopic (exact) mass is 342 g/mol. The number of aromatic nitrogens is 3. The summed E-state index contributed by atoms with van der Waals surface area (Å²) in [6.45, 7) is 2.91. The van der Waals surface area contributed by atoms with E-state index in [0.29, 0.717) is 0 Å². The van der Waals surface area contributed by atoms with Crippen LogP contribution in [0, 0.1) is 0 Å². The van der Waals surface area contributed by atoms with Crippen molar-refractivity contribution in [2.75, 3.05) is 6.54 Å². The van der Waals surface area contributed by atoms with Crippen LogP contribution in [0.2, 0.25) is 0 Å². The number of halogens is 1. The first-order valence-electron chi connectivity index (χ1n) is 6.83. The normalized spacial score (nSPS) is 12.5. The van der Waals surface area contributed by atoms with Crippen LogP contribution in [-0.2, 0) is 0 Å². The summed E-state index contributed by atoms with van der Waals surface area (Å²) in [5.74, 6) is 0. The molecule has 1 atom stereocenters. The van der Waals surface area contributed by atoms with E-state index in [1.54, 1.807) is 0 Å². The second kappa shape index (κ2) is 6.28. The molecule has 1 unspecified atom stereocenters. The molecule has 2 aromatic heterocycles. The van der Waals surface area contributed by atoms with Crippen LogP contribution in [-0.4, -0.2) is 21.5 Å². The highest BCUT2D eigenvalue weighted by molar-refractivity contribution is 9.10. The number of fused-ring (bicyclic) bond motifs is 1. The minimum Gasteiger partial charge on any atom is -0.305 e. The molecule has 0 amide bonds. The summed E-state index contributed by atoms with van der Waals surface area (Å²) in [4.78, 5) is 13.0. The van der Waals surface area contributed by atoms with Gasteiger partial charge in [0.1, 0.15) is 6.33 Å². The number of nitrogens with one attached hydrogen (secondary N) is 1. The van der Waals surface area contributed by atoms with Crippen molar-refractivity contribution in [3.8, 4) is 0 Å². The van der Waals surface area contributed by atoms with Crippen molar-refractivity contribution in [1.29, 1.82) is 0 Å². The molecule has 0 spiro atoms. The van der Waals surface area contributed by atoms with Gasteiger partial charge in [0.25, 0.3) is 0 Å². The summed E-state index contributed by atoms with van der Waals surface area (Å²) in [6.07, 6.45) is 5.18. The highest BCUT2D eigenvalue weighted by atomic mass is 79.9. The molecular formula is C16H15BrN4. The van der Waals surface area contributed by atoms with Gasteiger partial charge in [0, 0.05) is 27.8 Å². The number of para-hydroxylation sites is 1. The molecule has 0 saturated heterocycles. The van der Waals surface area contributed by atoms with Crippen molar-refractivity contribution in [2.45, 2.75) is 13.0 Å². The van der Waals surface area contributed by atoms with E-state index < -0.39 is 0 Å². The van der Waals surface area contributed by atoms with E-state index in [1.807, 2.05) is 30.6 Å². The van der Waals surface area contributed by atoms with Crippen LogP contribution in [0.4, 0.5) is 0 Å². The van der Waals surface area contributed by atoms with Gasteiger partial charge in [-0.3, -0.25) is 0 Å². The van der Waals surface area contributed by atoms with Crippen LogP contribution in [0.3, 0.4) is 0 Å². The van der Waals surface area contributed by atoms with E-state index >= 15 is 0 Å². The molecule has 3 rings (SSSR count). The van der Waals surface area contributed by atoms with Crippen LogP contribution >= 0.6 is 15.9 Å². The second-order valence-corrected chi connectivity index (χ2v) is 5.56. The Kier molecular flexibility index (Phi) is 4.22. The number of rotatable bonds is 4. The first-order valence-corrected chi connectivity index (χ1v) is 7.62. The van der Waals surface area contributed by atoms with Gasteiger partial charge in [-0.15, -0.1) is 0 Å². The fourth-order valence-electron chi connectivity index (χ4n) is 2.34. The molecule has 1 aromatic carbocycles. The number of hydrogen-bond acceptors (Lipinski definition) is 4. The standard InChI is InChI=1S/C16H15BrN4/c1-2-20-15(12-8-18-10-19-9-12)16-13(17)7-11-5-3-4-6-14(11)21-16/h3-10,15,20H,2H2,1H3. The lowest BCUT2D eigenvalue weighted by atomic mass is 10.1. The molecule has 0 aliphatic heterocycles. The van der Waals surface area contributed by atoms with E-state index in [2.05, 4.69) is 50.3 Å². The molecule has 3 aromatic rings. The Morgan fingerprint density at radius 3 is 2.71 bits per heavy atom. The summed E-state index contributed by atoms with van der Waals surface area (Å²) in [7, 11) is 0. The van der Waals surface area contributed by atoms with E-state index in [4.69, 9.17) is 4.98 Å². The Morgan fingerprint density at radius 1 is 1.19 bits per heavy atom. The molecule has 2 heterocycles. The fourth-order valence-corrected chi connectivity index (χ4v) is 2.91. The molecule has 106 valence electrons. The number of hydrogen-bond donors (Lipinski definition) is 1. The molecule has 4 nitrogen and oxygen atoms in total. The third-order valence-corrected chi connectivity index (χ3v) is 3.94. The molecule has 0 aliphatic carbocycles. The maximum absolute atomic E-state index is 4.81. The Balaban J connectivity index is 2.13. The van der Waals surface area contributed by atoms with Crippen LogP contribution in [0.1, 0.15) is 24.2 Å². The van der Waals surface area contributed by atoms with Crippen LogP contribution in [0.5, 0.6) is 0 Å². The maximum atomic E-state index is 4.81. The van der Waals surface area contributed by atoms with Gasteiger partial charge < -0.3 is 5.32 Å². The predicted octanol–water partition coefficient (Wildman–Crippen LogP) is 3.49. The SMILES string of the molecule is CCNC(c1cncnc1)c1nc2ccccc2cc1Br. The Bertz CT molecular complexity index is 746. The Labute approximate surface area is 131 Å². The average molecular weight is 343 g/mol. The first-order chi connectivity index (χ1) is 10.3. The average Bonchev–Trinajstić information content (AvgIpc) is 2.53. The zero-order chi connectivity index (χ0) is 14.7. The highest BCUT2D eigenvalue weighted by Gasteiger charge is 2.18. The van der Waals surface area contributed by atoms with Gasteiger partial charge in [-0.25, -0.2) is 15.0 Å². The Morgan fingerprint density at radius 2 is 1.95 bits per heavy atom. The smallest absolute Gasteiger partial charge is 0.115 e. The quantitative estimate of drug-likeness (QED) is 0.788. The molecule has 0 saturated carbocycles. The molecule has 21 heavy (non-hydrogen) atoms. The predicted molar refractivity (Wildman–Crippen MR) is 87.0 cm³/mol. The van der Waals surface area contributed by atoms with Crippen molar-refractivity contribution < 1.29 is 0 Å². The third kappa shape index (κ3) is 2.94. The van der Waals surface area contributed by atoms with Gasteiger partial charge in [0.15, 0.2) is 0 Å². The number of benzene rings is 1. The van der Waals surface area contributed by atoms with Gasteiger partial charge in [-0.05, 0) is 34.6 Å². The number of pyridine rings is 1. The summed E-state index contributed by atoms with van der Waals surface area (Å²) >= 11 is 3.64. The van der Waals surface area contributed by atoms with Crippen LogP contribution in [0.25, 0.3) is 10.9 Å². The lowest BCUT2D eigenvalue weighted by molar-refractivity contribution is 0.610. The largest absolute Gasteiger partial charge is 0.305 e. The molecule has 0 aliphatic rings. The zero-order valence-corrected chi connectivity index (χ0v) is 13.2. The molecule has 5 heteroatoms. The summed E-state index contributed by atoms with van der Waals surface area (Å²) in [5, 5.41) is 4.57. The van der Waals surface area contributed by atoms with Crippen molar-refractivity contribution in [3.63, 3.8) is 0 Å². The van der Waals surface area contributed by atoms with Gasteiger partial charge in [-0.1, -0.05) is 25.1 Å². The topological polar surface area (TPSA) is 50.7 Å². The minimum absolute atomic E-state index is 0.0322. The first kappa shape index (κ1) is 14.1. The summed E-state index contributed by atoms with van der Waals surface area (Å²) in [6, 6.07) is 10.2. The van der Waals surface area contributed by atoms with Crippen molar-refractivity contribution >= 4 is 26.8 Å². The van der Waals surface area contributed by atoms with Gasteiger partial charge in [0.2, 0.25) is 0 Å². The molecule has 0 fully saturated rings. The molecular weight excluding hydrogens is 328 g/mol.